The lowest BCUT2D eigenvalue weighted by Gasteiger charge is -2.41. The number of hydrogen-bond donors (Lipinski definition) is 2. The van der Waals surface area contributed by atoms with Crippen molar-refractivity contribution < 1.29 is 19.4 Å². The van der Waals surface area contributed by atoms with Gasteiger partial charge in [-0.1, -0.05) is 97.1 Å². The molecule has 2 N–H and O–H groups in total. The molecule has 4 aromatic rings. The Morgan fingerprint density at radius 3 is 2.00 bits per heavy atom. The highest BCUT2D eigenvalue weighted by atomic mass is 16.6. The van der Waals surface area contributed by atoms with Crippen molar-refractivity contribution in [3.63, 3.8) is 0 Å². The van der Waals surface area contributed by atoms with Crippen LogP contribution in [0.3, 0.4) is 0 Å². The third kappa shape index (κ3) is 4.90. The fourth-order valence-electron chi connectivity index (χ4n) is 6.88. The van der Waals surface area contributed by atoms with Crippen LogP contribution in [-0.4, -0.2) is 61.4 Å². The molecule has 0 spiro atoms. The van der Waals surface area contributed by atoms with Gasteiger partial charge in [-0.2, -0.15) is 0 Å². The number of aliphatic carboxylic acids is 1. The fraction of sp³-hybridized carbons (Fsp3) is 0.222. The van der Waals surface area contributed by atoms with Crippen LogP contribution < -0.4 is 10.2 Å². The third-order valence-electron chi connectivity index (χ3n) is 8.81. The van der Waals surface area contributed by atoms with Gasteiger partial charge in [-0.15, -0.1) is 0 Å². The lowest BCUT2D eigenvalue weighted by molar-refractivity contribution is -0.130. The lowest BCUT2D eigenvalue weighted by Crippen LogP contribution is -2.47. The van der Waals surface area contributed by atoms with Crippen molar-refractivity contribution in [2.24, 2.45) is 0 Å². The molecule has 3 aliphatic rings. The quantitative estimate of drug-likeness (QED) is 0.298. The smallest absolute Gasteiger partial charge is 0.415 e. The van der Waals surface area contributed by atoms with Gasteiger partial charge in [-0.3, -0.25) is 9.80 Å². The predicted molar refractivity (Wildman–Crippen MR) is 167 cm³/mol. The van der Waals surface area contributed by atoms with Crippen molar-refractivity contribution in [3.8, 4) is 11.1 Å². The van der Waals surface area contributed by atoms with Gasteiger partial charge in [0.15, 0.2) is 0 Å². The van der Waals surface area contributed by atoms with E-state index in [0.29, 0.717) is 23.4 Å². The van der Waals surface area contributed by atoms with Gasteiger partial charge in [-0.25, -0.2) is 9.59 Å². The largest absolute Gasteiger partial charge is 0.478 e. The summed E-state index contributed by atoms with van der Waals surface area (Å²) in [6, 6.07) is 32.9. The summed E-state index contributed by atoms with van der Waals surface area (Å²) in [5.74, 6) is -1.08. The van der Waals surface area contributed by atoms with Crippen LogP contribution in [0.5, 0.6) is 0 Å². The van der Waals surface area contributed by atoms with Crippen LogP contribution >= 0.6 is 0 Å². The van der Waals surface area contributed by atoms with Crippen LogP contribution in [0.4, 0.5) is 10.5 Å². The number of rotatable bonds is 6. The van der Waals surface area contributed by atoms with E-state index >= 15 is 0 Å². The van der Waals surface area contributed by atoms with E-state index in [2.05, 4.69) is 34.5 Å². The van der Waals surface area contributed by atoms with Crippen LogP contribution in [0, 0.1) is 0 Å². The van der Waals surface area contributed by atoms with Crippen LogP contribution in [0.2, 0.25) is 0 Å². The van der Waals surface area contributed by atoms with E-state index in [1.54, 1.807) is 11.0 Å². The van der Waals surface area contributed by atoms with Crippen LogP contribution in [0.15, 0.2) is 109 Å². The molecule has 1 amide bonds. The van der Waals surface area contributed by atoms with E-state index < -0.39 is 18.1 Å². The van der Waals surface area contributed by atoms with Gasteiger partial charge < -0.3 is 15.2 Å². The van der Waals surface area contributed by atoms with Crippen molar-refractivity contribution >= 4 is 23.3 Å². The number of amides is 1. The maximum absolute atomic E-state index is 14.3. The van der Waals surface area contributed by atoms with Crippen molar-refractivity contribution in [2.75, 3.05) is 44.2 Å². The topological polar surface area (TPSA) is 82.1 Å². The number of piperazine rings is 1. The first-order valence-corrected chi connectivity index (χ1v) is 14.8. The van der Waals surface area contributed by atoms with E-state index in [-0.39, 0.29) is 18.1 Å². The Hall–Kier alpha value is -4.72. The molecule has 1 aliphatic carbocycles. The lowest BCUT2D eigenvalue weighted by atomic mass is 9.84. The molecule has 7 nitrogen and oxygen atoms in total. The molecule has 7 heteroatoms. The molecule has 1 saturated heterocycles. The minimum absolute atomic E-state index is 0.0861. The van der Waals surface area contributed by atoms with Crippen LogP contribution in [-0.2, 0) is 9.53 Å². The van der Waals surface area contributed by atoms with E-state index in [4.69, 9.17) is 4.74 Å². The maximum atomic E-state index is 14.3. The average molecular weight is 572 g/mol. The van der Waals surface area contributed by atoms with E-state index in [1.807, 2.05) is 72.8 Å². The number of nitrogens with one attached hydrogen (secondary N) is 1. The third-order valence-corrected chi connectivity index (χ3v) is 8.81. The zero-order valence-corrected chi connectivity index (χ0v) is 23.8. The molecule has 43 heavy (non-hydrogen) atoms. The van der Waals surface area contributed by atoms with Crippen molar-refractivity contribution in [2.45, 2.75) is 12.0 Å². The van der Waals surface area contributed by atoms with Gasteiger partial charge in [0.1, 0.15) is 6.61 Å². The average Bonchev–Trinajstić information content (AvgIpc) is 3.37. The summed E-state index contributed by atoms with van der Waals surface area (Å²) >= 11 is 0. The molecule has 7 rings (SSSR count). The number of anilines is 1. The second-order valence-corrected chi connectivity index (χ2v) is 11.2. The molecule has 0 saturated carbocycles. The first-order valence-electron chi connectivity index (χ1n) is 14.8. The molecule has 1 fully saturated rings. The first kappa shape index (κ1) is 27.1. The Morgan fingerprint density at radius 1 is 0.767 bits per heavy atom. The van der Waals surface area contributed by atoms with Gasteiger partial charge in [0.2, 0.25) is 0 Å². The second kappa shape index (κ2) is 11.5. The predicted octanol–water partition coefficient (Wildman–Crippen LogP) is 5.94. The number of carboxylic acid groups (broad SMARTS) is 1. The monoisotopic (exact) mass is 571 g/mol. The summed E-state index contributed by atoms with van der Waals surface area (Å²) in [4.78, 5) is 31.2. The molecule has 0 aromatic heterocycles. The number of nitrogens with zero attached hydrogens (tertiary/aromatic N) is 2. The Kier molecular flexibility index (Phi) is 7.27. The Morgan fingerprint density at radius 2 is 1.35 bits per heavy atom. The van der Waals surface area contributed by atoms with Crippen LogP contribution in [0.25, 0.3) is 16.7 Å². The summed E-state index contributed by atoms with van der Waals surface area (Å²) < 4.78 is 6.22. The Labute approximate surface area is 251 Å². The molecule has 0 bridgehead atoms. The molecule has 1 atom stereocenters. The molecule has 1 unspecified atom stereocenters. The Balaban J connectivity index is 1.29. The van der Waals surface area contributed by atoms with Gasteiger partial charge in [0.25, 0.3) is 0 Å². The van der Waals surface area contributed by atoms with Crippen molar-refractivity contribution in [3.05, 3.63) is 131 Å². The number of hydrogen-bond acceptors (Lipinski definition) is 5. The zero-order valence-electron chi connectivity index (χ0n) is 23.8. The summed E-state index contributed by atoms with van der Waals surface area (Å²) in [5.41, 5.74) is 7.46. The first-order chi connectivity index (χ1) is 21.1. The number of carbonyl (C=O) groups is 2. The number of ether oxygens (including phenoxy) is 1. The minimum Gasteiger partial charge on any atom is -0.478 e. The van der Waals surface area contributed by atoms with Gasteiger partial charge in [0.05, 0.1) is 17.3 Å². The maximum Gasteiger partial charge on any atom is 0.415 e. The fourth-order valence-corrected chi connectivity index (χ4v) is 6.88. The van der Waals surface area contributed by atoms with Gasteiger partial charge in [0, 0.05) is 44.2 Å². The highest BCUT2D eigenvalue weighted by Gasteiger charge is 2.41. The Bertz CT molecular complexity index is 1670. The molecule has 2 heterocycles. The highest BCUT2D eigenvalue weighted by Crippen LogP contribution is 2.47. The standard InChI is InChI=1S/C36H33N3O4/c40-35(41)33-29-16-8-9-17-32(29)39(34(24-10-2-1-3-11-24)30(33)22-38-20-18-37-19-21-38)36(42)43-23-31-27-14-6-4-12-25(27)26-13-5-7-15-28(26)31/h1-17,31,34,37H,18-23H2,(H,40,41). The van der Waals surface area contributed by atoms with Crippen LogP contribution in [0.1, 0.15) is 34.2 Å². The summed E-state index contributed by atoms with van der Waals surface area (Å²) in [5, 5.41) is 14.0. The molecule has 216 valence electrons. The molecular weight excluding hydrogens is 538 g/mol. The number of carboxylic acids is 1. The van der Waals surface area contributed by atoms with E-state index in [1.165, 1.54) is 0 Å². The number of benzene rings is 4. The summed E-state index contributed by atoms with van der Waals surface area (Å²) in [6.45, 7) is 3.87. The van der Waals surface area contributed by atoms with Gasteiger partial charge >= 0.3 is 12.1 Å². The highest BCUT2D eigenvalue weighted by molar-refractivity contribution is 6.20. The molecular formula is C36H33N3O4. The number of para-hydroxylation sites is 1. The number of carbonyl (C=O) groups excluding carboxylic acids is 1. The number of fused-ring (bicyclic) bond motifs is 4. The van der Waals surface area contributed by atoms with Crippen molar-refractivity contribution in [1.82, 2.24) is 10.2 Å². The molecule has 4 aromatic carbocycles. The second-order valence-electron chi connectivity index (χ2n) is 11.2. The summed E-state index contributed by atoms with van der Waals surface area (Å²) in [6.07, 6.45) is -0.495. The van der Waals surface area contributed by atoms with Crippen molar-refractivity contribution in [1.29, 1.82) is 0 Å². The molecule has 2 aliphatic heterocycles. The normalized spacial score (nSPS) is 18.1. The zero-order chi connectivity index (χ0) is 29.3. The molecule has 0 radical (unpaired) electrons. The van der Waals surface area contributed by atoms with E-state index in [0.717, 1.165) is 54.0 Å². The van der Waals surface area contributed by atoms with E-state index in [9.17, 15) is 14.7 Å². The SMILES string of the molecule is O=C(O)C1=C(CN2CCNCC2)C(c2ccccc2)N(C(=O)OCC2c3ccccc3-c3ccccc32)c2ccccc21. The minimum atomic E-state index is -0.995. The van der Waals surface area contributed by atoms with Gasteiger partial charge in [-0.05, 0) is 39.5 Å². The summed E-state index contributed by atoms with van der Waals surface area (Å²) in [7, 11) is 0.